The Morgan fingerprint density at radius 1 is 1.10 bits per heavy atom. The predicted molar refractivity (Wildman–Crippen MR) is 58.5 cm³/mol. The fraction of sp³-hybridized carbons (Fsp3) is 0.800. The first-order valence-electron chi connectivity index (χ1n) is 5.76. The number of nitrogens with zero attached hydrogens (tertiary/aromatic N) is 4. The van der Waals surface area contributed by atoms with E-state index in [1.165, 1.54) is 12.1 Å². The van der Waals surface area contributed by atoms with Crippen LogP contribution in [0.2, 0.25) is 0 Å². The average molecular weight is 306 g/mol. The Hall–Kier alpha value is -2.43. The number of nitriles is 2. The second kappa shape index (κ2) is 5.91. The van der Waals surface area contributed by atoms with E-state index >= 15 is 0 Å². The topological polar surface area (TPSA) is 134 Å². The van der Waals surface area contributed by atoms with Crippen LogP contribution in [0.15, 0.2) is 0 Å². The van der Waals surface area contributed by atoms with Crippen LogP contribution in [0.1, 0.15) is 12.8 Å². The Morgan fingerprint density at radius 2 is 1.62 bits per heavy atom. The second-order valence-electron chi connectivity index (χ2n) is 4.72. The van der Waals surface area contributed by atoms with Gasteiger partial charge < -0.3 is 0 Å². The highest BCUT2D eigenvalue weighted by Crippen LogP contribution is 2.46. The molecule has 1 rings (SSSR count). The molecule has 8 nitrogen and oxygen atoms in total. The Labute approximate surface area is 116 Å². The molecule has 0 bridgehead atoms. The Balaban J connectivity index is 3.31. The van der Waals surface area contributed by atoms with E-state index in [2.05, 4.69) is 0 Å². The van der Waals surface area contributed by atoms with Gasteiger partial charge >= 0.3 is 6.18 Å². The quantitative estimate of drug-likeness (QED) is 0.573. The lowest BCUT2D eigenvalue weighted by atomic mass is 9.68. The van der Waals surface area contributed by atoms with E-state index in [0.29, 0.717) is 0 Å². The van der Waals surface area contributed by atoms with Gasteiger partial charge in [0.05, 0.1) is 30.4 Å². The predicted octanol–water partition coefficient (Wildman–Crippen LogP) is 1.53. The van der Waals surface area contributed by atoms with E-state index in [1.54, 1.807) is 0 Å². The Morgan fingerprint density at radius 3 is 1.95 bits per heavy atom. The molecule has 0 aromatic rings. The summed E-state index contributed by atoms with van der Waals surface area (Å²) in [5, 5.41) is 39.1. The third-order valence-corrected chi connectivity index (χ3v) is 3.60. The molecule has 0 radical (unpaired) electrons. The van der Waals surface area contributed by atoms with E-state index in [0.717, 1.165) is 0 Å². The summed E-state index contributed by atoms with van der Waals surface area (Å²) < 4.78 is 39.1. The summed E-state index contributed by atoms with van der Waals surface area (Å²) in [6.07, 6.45) is -6.65. The van der Waals surface area contributed by atoms with Gasteiger partial charge in [-0.05, 0) is 0 Å². The van der Waals surface area contributed by atoms with Gasteiger partial charge in [-0.3, -0.25) is 20.2 Å². The minimum Gasteiger partial charge on any atom is -0.264 e. The van der Waals surface area contributed by atoms with Crippen molar-refractivity contribution >= 4 is 0 Å². The number of alkyl halides is 3. The Bertz CT molecular complexity index is 510. The molecule has 21 heavy (non-hydrogen) atoms. The van der Waals surface area contributed by atoms with Crippen molar-refractivity contribution in [1.29, 1.82) is 10.5 Å². The first-order valence-corrected chi connectivity index (χ1v) is 5.76. The van der Waals surface area contributed by atoms with Crippen LogP contribution < -0.4 is 0 Å². The van der Waals surface area contributed by atoms with E-state index < -0.39 is 58.7 Å². The van der Waals surface area contributed by atoms with Crippen LogP contribution in [0.25, 0.3) is 0 Å². The van der Waals surface area contributed by atoms with Crippen LogP contribution in [0.5, 0.6) is 0 Å². The van der Waals surface area contributed by atoms with E-state index in [4.69, 9.17) is 10.5 Å². The number of hydrogen-bond donors (Lipinski definition) is 0. The number of rotatable bonds is 3. The summed E-state index contributed by atoms with van der Waals surface area (Å²) in [6.45, 7) is 0. The molecule has 114 valence electrons. The first-order chi connectivity index (χ1) is 9.63. The zero-order valence-electron chi connectivity index (χ0n) is 10.4. The highest BCUT2D eigenvalue weighted by atomic mass is 19.4. The van der Waals surface area contributed by atoms with E-state index in [-0.39, 0.29) is 0 Å². The van der Waals surface area contributed by atoms with Crippen LogP contribution in [-0.4, -0.2) is 28.1 Å². The molecule has 4 unspecified atom stereocenters. The standard InChI is InChI=1S/C10H9F3N4O4/c11-10(12,13)7-1-6(16(18)19)2-8(17(20)21)9(7)5(3-14)4-15/h5-9H,1-2H2. The molecule has 0 heterocycles. The van der Waals surface area contributed by atoms with Crippen molar-refractivity contribution in [2.24, 2.45) is 17.8 Å². The van der Waals surface area contributed by atoms with Crippen molar-refractivity contribution in [2.75, 3.05) is 0 Å². The van der Waals surface area contributed by atoms with Crippen molar-refractivity contribution in [2.45, 2.75) is 31.1 Å². The van der Waals surface area contributed by atoms with Crippen molar-refractivity contribution in [3.05, 3.63) is 20.2 Å². The average Bonchev–Trinajstić information content (AvgIpc) is 2.38. The van der Waals surface area contributed by atoms with E-state index in [1.807, 2.05) is 0 Å². The van der Waals surface area contributed by atoms with Crippen LogP contribution in [-0.2, 0) is 0 Å². The van der Waals surface area contributed by atoms with Gasteiger partial charge in [0.25, 0.3) is 0 Å². The summed E-state index contributed by atoms with van der Waals surface area (Å²) in [5.41, 5.74) is 0. The van der Waals surface area contributed by atoms with Gasteiger partial charge in [-0.2, -0.15) is 23.7 Å². The number of hydrogen-bond acceptors (Lipinski definition) is 6. The molecule has 1 saturated carbocycles. The van der Waals surface area contributed by atoms with Crippen molar-refractivity contribution in [3.63, 3.8) is 0 Å². The molecule has 11 heteroatoms. The number of nitro groups is 2. The minimum absolute atomic E-state index is 0.725. The third kappa shape index (κ3) is 3.37. The van der Waals surface area contributed by atoms with Crippen molar-refractivity contribution in [3.8, 4) is 12.1 Å². The number of halogens is 3. The highest BCUT2D eigenvalue weighted by Gasteiger charge is 2.60. The molecule has 0 N–H and O–H groups in total. The lowest BCUT2D eigenvalue weighted by Crippen LogP contribution is -2.52. The lowest BCUT2D eigenvalue weighted by Gasteiger charge is -2.35. The van der Waals surface area contributed by atoms with Gasteiger partial charge in [-0.15, -0.1) is 0 Å². The molecule has 0 aromatic carbocycles. The summed E-state index contributed by atoms with van der Waals surface area (Å²) in [7, 11) is 0. The largest absolute Gasteiger partial charge is 0.392 e. The van der Waals surface area contributed by atoms with Gasteiger partial charge in [0.1, 0.15) is 5.92 Å². The third-order valence-electron chi connectivity index (χ3n) is 3.60. The smallest absolute Gasteiger partial charge is 0.264 e. The van der Waals surface area contributed by atoms with Gasteiger partial charge in [0, 0.05) is 16.3 Å². The summed E-state index contributed by atoms with van der Waals surface area (Å²) in [4.78, 5) is 19.6. The summed E-state index contributed by atoms with van der Waals surface area (Å²) in [5.74, 6) is -6.19. The fourth-order valence-corrected chi connectivity index (χ4v) is 2.66. The minimum atomic E-state index is -4.96. The normalized spacial score (nSPS) is 29.4. The molecule has 0 aromatic heterocycles. The van der Waals surface area contributed by atoms with Crippen molar-refractivity contribution < 1.29 is 23.0 Å². The molecule has 1 fully saturated rings. The molecule has 0 spiro atoms. The monoisotopic (exact) mass is 306 g/mol. The van der Waals surface area contributed by atoms with Gasteiger partial charge in [-0.1, -0.05) is 0 Å². The molecule has 1 aliphatic carbocycles. The summed E-state index contributed by atoms with van der Waals surface area (Å²) in [6, 6.07) is -1.04. The maximum Gasteiger partial charge on any atom is 0.392 e. The maximum atomic E-state index is 13.0. The lowest BCUT2D eigenvalue weighted by molar-refractivity contribution is -0.581. The maximum absolute atomic E-state index is 13.0. The molecule has 1 aliphatic rings. The molecule has 4 atom stereocenters. The van der Waals surface area contributed by atoms with E-state index in [9.17, 15) is 33.4 Å². The van der Waals surface area contributed by atoms with Crippen LogP contribution >= 0.6 is 0 Å². The zero-order valence-corrected chi connectivity index (χ0v) is 10.4. The molecular formula is C10H9F3N4O4. The first kappa shape index (κ1) is 16.6. The summed E-state index contributed by atoms with van der Waals surface area (Å²) >= 11 is 0. The Kier molecular flexibility index (Phi) is 4.68. The van der Waals surface area contributed by atoms with Crippen LogP contribution in [0.3, 0.4) is 0 Å². The SMILES string of the molecule is N#CC(C#N)C1C([N+](=O)[O-])CC([N+](=O)[O-])CC1C(F)(F)F. The van der Waals surface area contributed by atoms with Crippen LogP contribution in [0, 0.1) is 60.6 Å². The highest BCUT2D eigenvalue weighted by molar-refractivity contribution is 5.08. The van der Waals surface area contributed by atoms with Crippen molar-refractivity contribution in [1.82, 2.24) is 0 Å². The molecule has 0 amide bonds. The molecule has 0 saturated heterocycles. The van der Waals surface area contributed by atoms with Gasteiger partial charge in [-0.25, -0.2) is 0 Å². The van der Waals surface area contributed by atoms with Gasteiger partial charge in [0.2, 0.25) is 12.1 Å². The fourth-order valence-electron chi connectivity index (χ4n) is 2.66. The zero-order chi connectivity index (χ0) is 16.4. The second-order valence-corrected chi connectivity index (χ2v) is 4.72. The molecular weight excluding hydrogens is 297 g/mol. The van der Waals surface area contributed by atoms with Gasteiger partial charge in [0.15, 0.2) is 0 Å². The molecule has 0 aliphatic heterocycles. The van der Waals surface area contributed by atoms with Crippen LogP contribution in [0.4, 0.5) is 13.2 Å².